The summed E-state index contributed by atoms with van der Waals surface area (Å²) in [6, 6.07) is 17.2. The highest BCUT2D eigenvalue weighted by Gasteiger charge is 2.19. The Hall–Kier alpha value is -2.00. The molecule has 0 radical (unpaired) electrons. The van der Waals surface area contributed by atoms with Crippen LogP contribution in [-0.4, -0.2) is 18.6 Å². The van der Waals surface area contributed by atoms with E-state index in [4.69, 9.17) is 16.3 Å². The Morgan fingerprint density at radius 2 is 1.78 bits per heavy atom. The van der Waals surface area contributed by atoms with Crippen LogP contribution in [0.1, 0.15) is 31.7 Å². The van der Waals surface area contributed by atoms with Gasteiger partial charge in [0.25, 0.3) is 5.91 Å². The molecule has 2 atom stereocenters. The molecular formula is C19H22ClNO2. The predicted octanol–water partition coefficient (Wildman–Crippen LogP) is 4.42. The van der Waals surface area contributed by atoms with E-state index in [2.05, 4.69) is 24.4 Å². The molecule has 1 amide bonds. The second-order valence-electron chi connectivity index (χ2n) is 5.53. The van der Waals surface area contributed by atoms with Crippen molar-refractivity contribution >= 4 is 17.5 Å². The Bertz CT molecular complexity index is 613. The number of carbonyl (C=O) groups is 1. The quantitative estimate of drug-likeness (QED) is 0.815. The minimum absolute atomic E-state index is 0.0924. The number of amides is 1. The molecule has 0 aliphatic carbocycles. The van der Waals surface area contributed by atoms with E-state index in [0.717, 1.165) is 0 Å². The van der Waals surface area contributed by atoms with Crippen molar-refractivity contribution in [1.82, 2.24) is 5.32 Å². The van der Waals surface area contributed by atoms with Crippen molar-refractivity contribution < 1.29 is 9.53 Å². The number of hydrogen-bond donors (Lipinski definition) is 1. The van der Waals surface area contributed by atoms with Crippen LogP contribution in [-0.2, 0) is 4.79 Å². The predicted molar refractivity (Wildman–Crippen MR) is 94.0 cm³/mol. The molecule has 2 aromatic rings. The van der Waals surface area contributed by atoms with Crippen molar-refractivity contribution in [3.8, 4) is 5.75 Å². The van der Waals surface area contributed by atoms with Crippen LogP contribution in [0.25, 0.3) is 0 Å². The van der Waals surface area contributed by atoms with E-state index in [9.17, 15) is 4.79 Å². The fourth-order valence-corrected chi connectivity index (χ4v) is 2.39. The first-order valence-electron chi connectivity index (χ1n) is 7.85. The molecule has 0 saturated carbocycles. The van der Waals surface area contributed by atoms with Gasteiger partial charge < -0.3 is 10.1 Å². The molecule has 0 aliphatic rings. The summed E-state index contributed by atoms with van der Waals surface area (Å²) in [6.07, 6.45) is 0.105. The third-order valence-corrected chi connectivity index (χ3v) is 3.96. The number of carbonyl (C=O) groups excluding carboxylic acids is 1. The lowest BCUT2D eigenvalue weighted by Crippen LogP contribution is -2.39. The summed E-state index contributed by atoms with van der Waals surface area (Å²) in [5, 5.41) is 3.62. The summed E-state index contributed by atoms with van der Waals surface area (Å²) in [5.74, 6) is 0.811. The van der Waals surface area contributed by atoms with E-state index < -0.39 is 6.10 Å². The number of hydrogen-bond acceptors (Lipinski definition) is 2. The normalized spacial score (nSPS) is 13.2. The summed E-state index contributed by atoms with van der Waals surface area (Å²) >= 11 is 5.85. The average Bonchev–Trinajstić information content (AvgIpc) is 2.59. The van der Waals surface area contributed by atoms with Gasteiger partial charge in [-0.05, 0) is 42.2 Å². The van der Waals surface area contributed by atoms with Crippen LogP contribution in [0.4, 0.5) is 0 Å². The van der Waals surface area contributed by atoms with E-state index in [1.807, 2.05) is 25.1 Å². The maximum Gasteiger partial charge on any atom is 0.261 e. The number of halogens is 1. The third-order valence-electron chi connectivity index (χ3n) is 3.71. The van der Waals surface area contributed by atoms with E-state index in [-0.39, 0.29) is 11.8 Å². The maximum atomic E-state index is 12.3. The average molecular weight is 332 g/mol. The van der Waals surface area contributed by atoms with Gasteiger partial charge in [-0.3, -0.25) is 4.79 Å². The molecule has 0 spiro atoms. The Kier molecular flexibility index (Phi) is 6.48. The van der Waals surface area contributed by atoms with Gasteiger partial charge >= 0.3 is 0 Å². The van der Waals surface area contributed by atoms with Crippen molar-refractivity contribution in [2.45, 2.75) is 32.3 Å². The van der Waals surface area contributed by atoms with Crippen LogP contribution in [0.3, 0.4) is 0 Å². The number of ether oxygens (including phenoxy) is 1. The fraction of sp³-hybridized carbons (Fsp3) is 0.316. The second kappa shape index (κ2) is 8.59. The highest BCUT2D eigenvalue weighted by molar-refractivity contribution is 6.30. The molecule has 122 valence electrons. The molecule has 0 bridgehead atoms. The first-order chi connectivity index (χ1) is 11.1. The van der Waals surface area contributed by atoms with Crippen molar-refractivity contribution in [3.05, 3.63) is 65.2 Å². The lowest BCUT2D eigenvalue weighted by molar-refractivity contribution is -0.128. The number of nitrogens with one attached hydrogen (secondary N) is 1. The number of rotatable bonds is 7. The van der Waals surface area contributed by atoms with Gasteiger partial charge in [-0.1, -0.05) is 55.8 Å². The van der Waals surface area contributed by atoms with E-state index in [1.54, 1.807) is 24.3 Å². The van der Waals surface area contributed by atoms with Gasteiger partial charge in [0.15, 0.2) is 6.10 Å². The van der Waals surface area contributed by atoms with Crippen LogP contribution in [0.15, 0.2) is 54.6 Å². The van der Waals surface area contributed by atoms with Crippen LogP contribution >= 0.6 is 11.6 Å². The van der Waals surface area contributed by atoms with Gasteiger partial charge in [0.1, 0.15) is 5.75 Å². The Morgan fingerprint density at radius 3 is 2.39 bits per heavy atom. The van der Waals surface area contributed by atoms with Gasteiger partial charge in [0.2, 0.25) is 0 Å². The zero-order valence-electron chi connectivity index (χ0n) is 13.5. The number of benzene rings is 2. The molecule has 0 aromatic heterocycles. The molecule has 23 heavy (non-hydrogen) atoms. The van der Waals surface area contributed by atoms with Crippen LogP contribution < -0.4 is 10.1 Å². The SMILES string of the molecule is CC[C@H](Oc1ccc(Cl)cc1)C(=O)NC[C@@H](C)c1ccccc1. The van der Waals surface area contributed by atoms with Gasteiger partial charge in [0.05, 0.1) is 0 Å². The Labute approximate surface area is 142 Å². The van der Waals surface area contributed by atoms with Gasteiger partial charge in [0, 0.05) is 11.6 Å². The van der Waals surface area contributed by atoms with Crippen molar-refractivity contribution in [2.75, 3.05) is 6.54 Å². The first kappa shape index (κ1) is 17.4. The zero-order valence-corrected chi connectivity index (χ0v) is 14.2. The second-order valence-corrected chi connectivity index (χ2v) is 5.96. The van der Waals surface area contributed by atoms with Crippen molar-refractivity contribution in [2.24, 2.45) is 0 Å². The molecule has 3 nitrogen and oxygen atoms in total. The van der Waals surface area contributed by atoms with E-state index >= 15 is 0 Å². The molecule has 0 fully saturated rings. The summed E-state index contributed by atoms with van der Waals surface area (Å²) in [6.45, 7) is 4.61. The van der Waals surface area contributed by atoms with E-state index in [1.165, 1.54) is 5.56 Å². The largest absolute Gasteiger partial charge is 0.481 e. The zero-order chi connectivity index (χ0) is 16.7. The lowest BCUT2D eigenvalue weighted by atomic mass is 10.0. The van der Waals surface area contributed by atoms with Crippen molar-refractivity contribution in [1.29, 1.82) is 0 Å². The minimum atomic E-state index is -0.501. The molecule has 0 unspecified atom stereocenters. The van der Waals surface area contributed by atoms with E-state index in [0.29, 0.717) is 23.7 Å². The first-order valence-corrected chi connectivity index (χ1v) is 8.22. The lowest BCUT2D eigenvalue weighted by Gasteiger charge is -2.19. The Balaban J connectivity index is 1.88. The highest BCUT2D eigenvalue weighted by atomic mass is 35.5. The Morgan fingerprint density at radius 1 is 1.13 bits per heavy atom. The molecular weight excluding hydrogens is 310 g/mol. The smallest absolute Gasteiger partial charge is 0.261 e. The fourth-order valence-electron chi connectivity index (χ4n) is 2.27. The summed E-state index contributed by atoms with van der Waals surface area (Å²) in [5.41, 5.74) is 1.21. The molecule has 0 saturated heterocycles. The van der Waals surface area contributed by atoms with Gasteiger partial charge in [-0.15, -0.1) is 0 Å². The molecule has 4 heteroatoms. The standard InChI is InChI=1S/C19H22ClNO2/c1-3-18(23-17-11-9-16(20)10-12-17)19(22)21-13-14(2)15-7-5-4-6-8-15/h4-12,14,18H,3,13H2,1-2H3,(H,21,22)/t14-,18+/m1/s1. The molecule has 1 N–H and O–H groups in total. The van der Waals surface area contributed by atoms with Crippen LogP contribution in [0.5, 0.6) is 5.75 Å². The van der Waals surface area contributed by atoms with Crippen LogP contribution in [0.2, 0.25) is 5.02 Å². The molecule has 2 aromatic carbocycles. The summed E-state index contributed by atoms with van der Waals surface area (Å²) < 4.78 is 5.75. The molecule has 0 aliphatic heterocycles. The van der Waals surface area contributed by atoms with Gasteiger partial charge in [-0.25, -0.2) is 0 Å². The monoisotopic (exact) mass is 331 g/mol. The summed E-state index contributed by atoms with van der Waals surface area (Å²) in [4.78, 5) is 12.3. The van der Waals surface area contributed by atoms with Crippen LogP contribution in [0, 0.1) is 0 Å². The third kappa shape index (κ3) is 5.29. The topological polar surface area (TPSA) is 38.3 Å². The molecule has 2 rings (SSSR count). The highest BCUT2D eigenvalue weighted by Crippen LogP contribution is 2.18. The van der Waals surface area contributed by atoms with Crippen molar-refractivity contribution in [3.63, 3.8) is 0 Å². The molecule has 0 heterocycles. The minimum Gasteiger partial charge on any atom is -0.481 e. The van der Waals surface area contributed by atoms with Gasteiger partial charge in [-0.2, -0.15) is 0 Å². The summed E-state index contributed by atoms with van der Waals surface area (Å²) in [7, 11) is 0. The maximum absolute atomic E-state index is 12.3.